The number of rotatable bonds is 5. The summed E-state index contributed by atoms with van der Waals surface area (Å²) in [4.78, 5) is 28.8. The molecule has 2 aromatic carbocycles. The molecular formula is C20H16Cl2N2O3. The van der Waals surface area contributed by atoms with Crippen molar-refractivity contribution in [1.29, 1.82) is 0 Å². The number of anilines is 1. The van der Waals surface area contributed by atoms with E-state index in [1.165, 1.54) is 17.2 Å². The highest BCUT2D eigenvalue weighted by molar-refractivity contribution is 6.35. The number of hydrogen-bond donors (Lipinski definition) is 1. The smallest absolute Gasteiger partial charge is 0.258 e. The second-order valence-electron chi connectivity index (χ2n) is 5.77. The Balaban J connectivity index is 2.08. The number of nitrogens with one attached hydrogen (secondary N) is 1. The van der Waals surface area contributed by atoms with Crippen LogP contribution in [0.3, 0.4) is 0 Å². The molecule has 0 aliphatic rings. The van der Waals surface area contributed by atoms with Gasteiger partial charge in [-0.25, -0.2) is 0 Å². The number of methoxy groups -OCH3 is 1. The summed E-state index contributed by atoms with van der Waals surface area (Å²) < 4.78 is 5.39. The van der Waals surface area contributed by atoms with Gasteiger partial charge in [-0.2, -0.15) is 0 Å². The molecule has 0 bridgehead atoms. The lowest BCUT2D eigenvalue weighted by Crippen LogP contribution is -2.31. The Morgan fingerprint density at radius 2 is 1.78 bits per heavy atom. The number of para-hydroxylation sites is 1. The number of benzene rings is 2. The summed E-state index contributed by atoms with van der Waals surface area (Å²) in [5.41, 5.74) is 1.21. The maximum absolute atomic E-state index is 13.2. The van der Waals surface area contributed by atoms with Crippen LogP contribution in [0.1, 0.15) is 15.9 Å². The maximum Gasteiger partial charge on any atom is 0.258 e. The van der Waals surface area contributed by atoms with Gasteiger partial charge in [-0.05, 0) is 30.3 Å². The maximum atomic E-state index is 13.2. The van der Waals surface area contributed by atoms with E-state index in [9.17, 15) is 9.59 Å². The van der Waals surface area contributed by atoms with Crippen LogP contribution in [-0.4, -0.2) is 18.0 Å². The van der Waals surface area contributed by atoms with Gasteiger partial charge in [-0.1, -0.05) is 41.4 Å². The number of hydrogen-bond acceptors (Lipinski definition) is 3. The summed E-state index contributed by atoms with van der Waals surface area (Å²) in [7, 11) is 1.57. The SMILES string of the molecule is COc1ccccc1CN(C(=O)c1cc[nH]c(=O)c1)c1cc(Cl)cc(Cl)c1. The van der Waals surface area contributed by atoms with Crippen molar-refractivity contribution < 1.29 is 9.53 Å². The monoisotopic (exact) mass is 402 g/mol. The van der Waals surface area contributed by atoms with Crippen molar-refractivity contribution in [3.05, 3.63) is 92.3 Å². The van der Waals surface area contributed by atoms with Crippen molar-refractivity contribution in [1.82, 2.24) is 4.98 Å². The van der Waals surface area contributed by atoms with E-state index in [2.05, 4.69) is 4.98 Å². The molecular weight excluding hydrogens is 387 g/mol. The lowest BCUT2D eigenvalue weighted by molar-refractivity contribution is 0.0985. The number of nitrogens with zero attached hydrogens (tertiary/aromatic N) is 1. The first-order valence-electron chi connectivity index (χ1n) is 8.06. The lowest BCUT2D eigenvalue weighted by Gasteiger charge is -2.24. The second kappa shape index (κ2) is 8.29. The molecule has 0 saturated carbocycles. The van der Waals surface area contributed by atoms with Gasteiger partial charge < -0.3 is 14.6 Å². The van der Waals surface area contributed by atoms with Crippen LogP contribution in [0.5, 0.6) is 5.75 Å². The molecule has 3 rings (SSSR count). The summed E-state index contributed by atoms with van der Waals surface area (Å²) in [6, 6.07) is 15.1. The molecule has 0 saturated heterocycles. The lowest BCUT2D eigenvalue weighted by atomic mass is 10.1. The molecule has 0 unspecified atom stereocenters. The van der Waals surface area contributed by atoms with Gasteiger partial charge in [0.15, 0.2) is 0 Å². The fourth-order valence-electron chi connectivity index (χ4n) is 2.71. The third kappa shape index (κ3) is 4.51. The largest absolute Gasteiger partial charge is 0.496 e. The van der Waals surface area contributed by atoms with Gasteiger partial charge in [-0.15, -0.1) is 0 Å². The van der Waals surface area contributed by atoms with Gasteiger partial charge in [0.2, 0.25) is 5.56 Å². The highest BCUT2D eigenvalue weighted by atomic mass is 35.5. The Morgan fingerprint density at radius 1 is 1.07 bits per heavy atom. The number of amides is 1. The van der Waals surface area contributed by atoms with Crippen LogP contribution >= 0.6 is 23.2 Å². The van der Waals surface area contributed by atoms with Gasteiger partial charge in [-0.3, -0.25) is 9.59 Å². The molecule has 3 aromatic rings. The zero-order valence-electron chi connectivity index (χ0n) is 14.4. The highest BCUT2D eigenvalue weighted by Gasteiger charge is 2.21. The first-order valence-corrected chi connectivity index (χ1v) is 8.82. The second-order valence-corrected chi connectivity index (χ2v) is 6.65. The first kappa shape index (κ1) is 19.0. The van der Waals surface area contributed by atoms with Gasteiger partial charge in [0.05, 0.1) is 13.7 Å². The van der Waals surface area contributed by atoms with Gasteiger partial charge in [0.25, 0.3) is 5.91 Å². The van der Waals surface area contributed by atoms with Crippen LogP contribution in [0.15, 0.2) is 65.6 Å². The molecule has 5 nitrogen and oxygen atoms in total. The number of pyridine rings is 1. The molecule has 0 fully saturated rings. The molecule has 1 amide bonds. The summed E-state index contributed by atoms with van der Waals surface area (Å²) >= 11 is 12.3. The van der Waals surface area contributed by atoms with E-state index in [-0.39, 0.29) is 23.6 Å². The van der Waals surface area contributed by atoms with Crippen molar-refractivity contribution in [3.8, 4) is 5.75 Å². The molecule has 27 heavy (non-hydrogen) atoms. The zero-order valence-corrected chi connectivity index (χ0v) is 15.9. The van der Waals surface area contributed by atoms with E-state index in [4.69, 9.17) is 27.9 Å². The minimum Gasteiger partial charge on any atom is -0.496 e. The van der Waals surface area contributed by atoms with E-state index < -0.39 is 0 Å². The molecule has 0 spiro atoms. The molecule has 0 aliphatic heterocycles. The third-order valence-corrected chi connectivity index (χ3v) is 4.38. The van der Waals surface area contributed by atoms with Crippen molar-refractivity contribution in [3.63, 3.8) is 0 Å². The minimum absolute atomic E-state index is 0.215. The van der Waals surface area contributed by atoms with Crippen molar-refractivity contribution >= 4 is 34.8 Å². The predicted molar refractivity (Wildman–Crippen MR) is 107 cm³/mol. The van der Waals surface area contributed by atoms with Crippen molar-refractivity contribution in [2.75, 3.05) is 12.0 Å². The van der Waals surface area contributed by atoms with E-state index in [1.54, 1.807) is 31.4 Å². The Morgan fingerprint density at radius 3 is 2.44 bits per heavy atom. The fourth-order valence-corrected chi connectivity index (χ4v) is 3.23. The van der Waals surface area contributed by atoms with Crippen molar-refractivity contribution in [2.45, 2.75) is 6.54 Å². The average molecular weight is 403 g/mol. The van der Waals surface area contributed by atoms with E-state index in [0.717, 1.165) is 5.56 Å². The zero-order chi connectivity index (χ0) is 19.4. The van der Waals surface area contributed by atoms with Gasteiger partial charge >= 0.3 is 0 Å². The summed E-state index contributed by atoms with van der Waals surface area (Å²) in [5.74, 6) is 0.291. The molecule has 1 heterocycles. The Kier molecular flexibility index (Phi) is 5.84. The highest BCUT2D eigenvalue weighted by Crippen LogP contribution is 2.29. The first-order chi connectivity index (χ1) is 13.0. The Bertz CT molecular complexity index is 1010. The quantitative estimate of drug-likeness (QED) is 0.681. The molecule has 138 valence electrons. The molecule has 1 N–H and O–H groups in total. The van der Waals surface area contributed by atoms with Crippen LogP contribution in [-0.2, 0) is 6.54 Å². The van der Waals surface area contributed by atoms with Gasteiger partial charge in [0.1, 0.15) is 5.75 Å². The summed E-state index contributed by atoms with van der Waals surface area (Å²) in [5, 5.41) is 0.808. The minimum atomic E-state index is -0.359. The van der Waals surface area contributed by atoms with Crippen LogP contribution in [0, 0.1) is 0 Å². The summed E-state index contributed by atoms with van der Waals surface area (Å²) in [6.45, 7) is 0.215. The predicted octanol–water partition coefficient (Wildman–Crippen LogP) is 4.54. The topological polar surface area (TPSA) is 62.4 Å². The average Bonchev–Trinajstić information content (AvgIpc) is 2.65. The number of aromatic amines is 1. The third-order valence-electron chi connectivity index (χ3n) is 3.95. The summed E-state index contributed by atoms with van der Waals surface area (Å²) in [6.07, 6.45) is 1.43. The normalized spacial score (nSPS) is 10.5. The number of ether oxygens (including phenoxy) is 1. The molecule has 0 aliphatic carbocycles. The Hall–Kier alpha value is -2.76. The van der Waals surface area contributed by atoms with E-state index >= 15 is 0 Å². The Labute approximate surface area is 166 Å². The van der Waals surface area contributed by atoms with Crippen LogP contribution in [0.4, 0.5) is 5.69 Å². The molecule has 7 heteroatoms. The fraction of sp³-hybridized carbons (Fsp3) is 0.100. The van der Waals surface area contributed by atoms with E-state index in [0.29, 0.717) is 21.5 Å². The number of carbonyl (C=O) groups excluding carboxylic acids is 1. The number of H-pyrrole nitrogens is 1. The number of aromatic nitrogens is 1. The van der Waals surface area contributed by atoms with Crippen LogP contribution in [0.25, 0.3) is 0 Å². The number of halogens is 2. The molecule has 0 atom stereocenters. The van der Waals surface area contributed by atoms with Gasteiger partial charge in [0, 0.05) is 39.1 Å². The van der Waals surface area contributed by atoms with Crippen molar-refractivity contribution in [2.24, 2.45) is 0 Å². The molecule has 1 aromatic heterocycles. The van der Waals surface area contributed by atoms with E-state index in [1.807, 2.05) is 24.3 Å². The standard InChI is InChI=1S/C20H16Cl2N2O3/c1-27-18-5-3-2-4-14(18)12-24(17-10-15(21)9-16(22)11-17)20(26)13-6-7-23-19(25)8-13/h2-11H,12H2,1H3,(H,23,25). The molecule has 0 radical (unpaired) electrons. The number of carbonyl (C=O) groups is 1. The van der Waals surface area contributed by atoms with Crippen LogP contribution < -0.4 is 15.2 Å². The van der Waals surface area contributed by atoms with Crippen LogP contribution in [0.2, 0.25) is 10.0 Å².